The van der Waals surface area contributed by atoms with Gasteiger partial charge in [0.25, 0.3) is 0 Å². The number of hydrogen-bond donors (Lipinski definition) is 1. The van der Waals surface area contributed by atoms with Gasteiger partial charge in [-0.25, -0.2) is 4.39 Å². The van der Waals surface area contributed by atoms with Crippen LogP contribution in [0.25, 0.3) is 0 Å². The van der Waals surface area contributed by atoms with Crippen molar-refractivity contribution in [2.24, 2.45) is 0 Å². The van der Waals surface area contributed by atoms with Crippen LogP contribution in [0.4, 0.5) is 14.5 Å². The zero-order valence-electron chi connectivity index (χ0n) is 13.7. The average molecular weight is 593 g/mol. The second-order valence-electron chi connectivity index (χ2n) is 5.81. The van der Waals surface area contributed by atoms with Gasteiger partial charge >= 0.3 is 0 Å². The van der Waals surface area contributed by atoms with E-state index in [0.29, 0.717) is 6.07 Å². The predicted molar refractivity (Wildman–Crippen MR) is 82.0 cm³/mol. The molecule has 0 atom stereocenters. The van der Waals surface area contributed by atoms with Gasteiger partial charge in [0, 0.05) is 33.1 Å². The molecule has 0 bridgehead atoms. The molecule has 9 heteroatoms. The molecule has 140 valence electrons. The number of rotatable bonds is 2. The van der Waals surface area contributed by atoms with Gasteiger partial charge in [-0.1, -0.05) is 6.07 Å². The number of carbonyl (C=O) groups is 1. The maximum Gasteiger partial charge on any atom is 0.175 e. The number of nitriles is 1. The Balaban J connectivity index is 0.000000449. The van der Waals surface area contributed by atoms with Crippen LogP contribution in [0.3, 0.4) is 0 Å². The number of carbonyl (C=O) groups excluding carboxylic acids is 1. The molecule has 1 saturated heterocycles. The zero-order chi connectivity index (χ0) is 18.5. The van der Waals surface area contributed by atoms with Gasteiger partial charge in [0.15, 0.2) is 5.69 Å². The first-order valence-corrected chi connectivity index (χ1v) is 7.00. The van der Waals surface area contributed by atoms with E-state index in [-0.39, 0.29) is 11.8 Å². The first kappa shape index (κ1) is 21.2. The van der Waals surface area contributed by atoms with Crippen molar-refractivity contribution in [2.75, 3.05) is 0 Å². The van der Waals surface area contributed by atoms with E-state index < -0.39 is 27.8 Å². The topological polar surface area (TPSA) is 96.0 Å². The number of nitrogens with one attached hydrogen (secondary N) is 1. The number of hydrogen-bond acceptors (Lipinski definition) is 5. The summed E-state index contributed by atoms with van der Waals surface area (Å²) in [6, 6.07) is 4.49. The van der Waals surface area contributed by atoms with E-state index in [1.165, 1.54) is 0 Å². The predicted octanol–water partition coefficient (Wildman–Crippen LogP) is 3.43. The quantitative estimate of drug-likeness (QED) is 0.187. The fourth-order valence-electron chi connectivity index (χ4n) is 2.08. The molecule has 1 aromatic carbocycles. The SMILES string of the molecule is C/C(C#N)=C1/CCC(C)(C)N1.O=Cc1c([N+](=O)[O-])[c-]cc(F)c1F.[Fm]. The van der Waals surface area contributed by atoms with Gasteiger partial charge in [0.1, 0.15) is 6.29 Å². The van der Waals surface area contributed by atoms with E-state index in [0.717, 1.165) is 24.1 Å². The summed E-state index contributed by atoms with van der Waals surface area (Å²) in [5.41, 5.74) is 0.347. The van der Waals surface area contributed by atoms with Crippen LogP contribution in [0.2, 0.25) is 0 Å². The molecule has 0 saturated carbocycles. The van der Waals surface area contributed by atoms with Crippen LogP contribution in [0.5, 0.6) is 0 Å². The Morgan fingerprint density at radius 3 is 2.52 bits per heavy atom. The zero-order valence-corrected chi connectivity index (χ0v) is 16.1. The van der Waals surface area contributed by atoms with Gasteiger partial charge in [-0.2, -0.15) is 5.26 Å². The minimum atomic E-state index is -1.53. The van der Waals surface area contributed by atoms with E-state index in [4.69, 9.17) is 5.26 Å². The maximum absolute atomic E-state index is 12.7. The first-order valence-electron chi connectivity index (χ1n) is 7.00. The molecule has 2 rings (SSSR count). The van der Waals surface area contributed by atoms with Gasteiger partial charge in [-0.15, -0.1) is 6.07 Å². The Labute approximate surface area is 137 Å². The summed E-state index contributed by atoms with van der Waals surface area (Å²) in [4.78, 5) is 19.3. The molecule has 6 nitrogen and oxygen atoms in total. The molecule has 1 aliphatic rings. The van der Waals surface area contributed by atoms with E-state index in [1.54, 1.807) is 0 Å². The fraction of sp³-hybridized carbons (Fsp3) is 0.375. The van der Waals surface area contributed by atoms with Crippen molar-refractivity contribution in [3.8, 4) is 6.07 Å². The number of benzene rings is 1. The van der Waals surface area contributed by atoms with Crippen molar-refractivity contribution in [1.82, 2.24) is 5.32 Å². The number of nitrogens with zero attached hydrogens (tertiary/aromatic N) is 2. The molecule has 1 heterocycles. The standard InChI is InChI=1S/C9H14N2.C7H2F2NO3.Fm/c1-7(6-10)8-4-5-9(2,3)11-8;8-5-1-2-6(10(12)13)4(3-11)7(5)9;/h11H,4-5H2,1-3H3;1,3H;/q;-1;/b8-7+;;. The van der Waals surface area contributed by atoms with Crippen molar-refractivity contribution in [1.29, 1.82) is 5.26 Å². The Morgan fingerprint density at radius 1 is 1.52 bits per heavy atom. The Morgan fingerprint density at radius 2 is 2.12 bits per heavy atom. The van der Waals surface area contributed by atoms with Gasteiger partial charge in [-0.3, -0.25) is 14.5 Å². The summed E-state index contributed by atoms with van der Waals surface area (Å²) in [7, 11) is 0. The van der Waals surface area contributed by atoms with E-state index >= 15 is 0 Å². The number of nitro groups is 1. The molecule has 0 radical (unpaired) electrons. The number of allylic oxidation sites excluding steroid dienone is 2. The minimum Gasteiger partial charge on any atom is -0.383 e. The van der Waals surface area contributed by atoms with Crippen LogP contribution in [0.1, 0.15) is 44.0 Å². The third kappa shape index (κ3) is 5.10. The van der Waals surface area contributed by atoms with Gasteiger partial charge in [0.05, 0.1) is 11.9 Å². The molecule has 1 aromatic rings. The van der Waals surface area contributed by atoms with Crippen molar-refractivity contribution < 1.29 is 18.5 Å². The van der Waals surface area contributed by atoms with Crippen LogP contribution < -0.4 is 5.32 Å². The van der Waals surface area contributed by atoms with Gasteiger partial charge in [-0.05, 0) is 33.6 Å². The molecule has 1 aliphatic heterocycles. The molecule has 25 heavy (non-hydrogen) atoms. The second-order valence-corrected chi connectivity index (χ2v) is 5.81. The van der Waals surface area contributed by atoms with E-state index in [1.807, 2.05) is 13.0 Å². The van der Waals surface area contributed by atoms with Crippen LogP contribution in [-0.4, -0.2) is 16.7 Å². The van der Waals surface area contributed by atoms with Crippen molar-refractivity contribution in [3.63, 3.8) is 0 Å². The van der Waals surface area contributed by atoms with Crippen molar-refractivity contribution >= 4 is 12.0 Å². The smallest absolute Gasteiger partial charge is 0.175 e. The first-order chi connectivity index (χ1) is 11.1. The molecular formula is C16H16F2FmN3O3-. The Hall–Kier alpha value is -3.82. The summed E-state index contributed by atoms with van der Waals surface area (Å²) < 4.78 is 25.1. The van der Waals surface area contributed by atoms with Gasteiger partial charge in [0.2, 0.25) is 0 Å². The summed E-state index contributed by atoms with van der Waals surface area (Å²) in [5, 5.41) is 22.1. The summed E-state index contributed by atoms with van der Waals surface area (Å²) in [6.07, 6.45) is 2.03. The molecular weight excluding hydrogens is 577 g/mol. The summed E-state index contributed by atoms with van der Waals surface area (Å²) in [6.45, 7) is 6.18. The monoisotopic (exact) mass is 593 g/mol. The number of nitro benzene ring substituents is 1. The third-order valence-electron chi connectivity index (χ3n) is 3.45. The molecule has 1 N–H and O–H groups in total. The minimum absolute atomic E-state index is 0. The van der Waals surface area contributed by atoms with Crippen LogP contribution in [0.15, 0.2) is 17.3 Å². The molecule has 0 spiro atoms. The molecule has 0 unspecified atom stereocenters. The summed E-state index contributed by atoms with van der Waals surface area (Å²) >= 11 is 0. The van der Waals surface area contributed by atoms with Crippen LogP contribution >= 0.6 is 0 Å². The maximum atomic E-state index is 12.7. The normalized spacial score (nSPS) is 16.3. The Bertz CT molecular complexity index is 743. The fourth-order valence-corrected chi connectivity index (χ4v) is 2.08. The molecule has 0 amide bonds. The molecule has 0 aromatic heterocycles. The average Bonchev–Trinajstić information content (AvgIpc) is 2.89. The van der Waals surface area contributed by atoms with E-state index in [2.05, 4.69) is 25.2 Å². The van der Waals surface area contributed by atoms with Crippen LogP contribution in [0, 0.1) is 39.1 Å². The van der Waals surface area contributed by atoms with Gasteiger partial charge < -0.3 is 10.1 Å². The number of aldehydes is 1. The largest absolute Gasteiger partial charge is 0.383 e. The molecule has 0 aliphatic carbocycles. The van der Waals surface area contributed by atoms with Crippen LogP contribution in [-0.2, 0) is 0 Å². The van der Waals surface area contributed by atoms with Crippen molar-refractivity contribution in [3.05, 3.63) is 50.7 Å². The second kappa shape index (κ2) is 8.15. The van der Waals surface area contributed by atoms with Crippen molar-refractivity contribution in [2.45, 2.75) is 39.2 Å². The summed E-state index contributed by atoms with van der Waals surface area (Å²) in [5.74, 6) is -2.87. The number of halogens is 2. The third-order valence-corrected chi connectivity index (χ3v) is 3.45. The Kier molecular flexibility index (Phi) is 6.91. The van der Waals surface area contributed by atoms with E-state index in [9.17, 15) is 23.7 Å². The molecule has 1 fully saturated rings.